The van der Waals surface area contributed by atoms with Crippen LogP contribution in [-0.2, 0) is 0 Å². The lowest BCUT2D eigenvalue weighted by Crippen LogP contribution is -2.19. The molecule has 2 heterocycles. The number of aromatic nitrogens is 5. The minimum atomic E-state index is -0.346. The SMILES string of the molecule is O=C(Nc1ccnn1C1CCCC1)c1nc(-c2ccccc2)n(-c2ccccc2)n1. The third kappa shape index (κ3) is 3.50. The largest absolute Gasteiger partial charge is 0.304 e. The van der Waals surface area contributed by atoms with E-state index < -0.39 is 0 Å². The Bertz CT molecular complexity index is 1090. The molecule has 150 valence electrons. The zero-order valence-electron chi connectivity index (χ0n) is 16.5. The van der Waals surface area contributed by atoms with Gasteiger partial charge in [0, 0.05) is 11.6 Å². The van der Waals surface area contributed by atoms with Crippen LogP contribution in [0.2, 0.25) is 0 Å². The topological polar surface area (TPSA) is 77.6 Å². The maximum absolute atomic E-state index is 13.0. The lowest BCUT2D eigenvalue weighted by molar-refractivity contribution is 0.101. The summed E-state index contributed by atoms with van der Waals surface area (Å²) < 4.78 is 3.62. The predicted octanol–water partition coefficient (Wildman–Crippen LogP) is 4.50. The zero-order chi connectivity index (χ0) is 20.3. The van der Waals surface area contributed by atoms with Gasteiger partial charge >= 0.3 is 0 Å². The van der Waals surface area contributed by atoms with Crippen molar-refractivity contribution in [2.45, 2.75) is 31.7 Å². The summed E-state index contributed by atoms with van der Waals surface area (Å²) in [6.07, 6.45) is 6.29. The van der Waals surface area contributed by atoms with Crippen molar-refractivity contribution in [2.24, 2.45) is 0 Å². The number of benzene rings is 2. The molecule has 0 radical (unpaired) electrons. The van der Waals surface area contributed by atoms with Crippen molar-refractivity contribution in [3.05, 3.63) is 78.8 Å². The molecule has 2 aromatic carbocycles. The van der Waals surface area contributed by atoms with E-state index in [0.717, 1.165) is 24.1 Å². The van der Waals surface area contributed by atoms with Crippen LogP contribution in [0, 0.1) is 0 Å². The van der Waals surface area contributed by atoms with E-state index in [9.17, 15) is 4.79 Å². The van der Waals surface area contributed by atoms with Crippen LogP contribution in [0.15, 0.2) is 72.9 Å². The minimum Gasteiger partial charge on any atom is -0.304 e. The Hall–Kier alpha value is -3.74. The number of hydrogen-bond donors (Lipinski definition) is 1. The lowest BCUT2D eigenvalue weighted by Gasteiger charge is -2.13. The highest BCUT2D eigenvalue weighted by Crippen LogP contribution is 2.31. The van der Waals surface area contributed by atoms with Crippen molar-refractivity contribution in [3.63, 3.8) is 0 Å². The van der Waals surface area contributed by atoms with Gasteiger partial charge in [-0.25, -0.2) is 14.3 Å². The van der Waals surface area contributed by atoms with E-state index in [1.807, 2.05) is 71.4 Å². The molecule has 1 saturated carbocycles. The monoisotopic (exact) mass is 398 g/mol. The smallest absolute Gasteiger partial charge is 0.296 e. The number of nitrogens with zero attached hydrogens (tertiary/aromatic N) is 5. The number of para-hydroxylation sites is 1. The minimum absolute atomic E-state index is 0.122. The molecule has 1 N–H and O–H groups in total. The second-order valence-corrected chi connectivity index (χ2v) is 7.43. The fraction of sp³-hybridized carbons (Fsp3) is 0.217. The van der Waals surface area contributed by atoms with Crippen molar-refractivity contribution in [3.8, 4) is 17.1 Å². The van der Waals surface area contributed by atoms with Crippen molar-refractivity contribution in [1.29, 1.82) is 0 Å². The number of rotatable bonds is 5. The van der Waals surface area contributed by atoms with Gasteiger partial charge in [-0.05, 0) is 25.0 Å². The molecule has 5 rings (SSSR count). The van der Waals surface area contributed by atoms with Crippen LogP contribution in [-0.4, -0.2) is 30.5 Å². The van der Waals surface area contributed by atoms with E-state index in [4.69, 9.17) is 0 Å². The molecule has 30 heavy (non-hydrogen) atoms. The van der Waals surface area contributed by atoms with Gasteiger partial charge in [-0.1, -0.05) is 61.4 Å². The molecular weight excluding hydrogens is 376 g/mol. The second kappa shape index (κ2) is 7.94. The zero-order valence-corrected chi connectivity index (χ0v) is 16.5. The van der Waals surface area contributed by atoms with E-state index in [0.29, 0.717) is 17.7 Å². The highest BCUT2D eigenvalue weighted by atomic mass is 16.2. The van der Waals surface area contributed by atoms with Crippen molar-refractivity contribution in [2.75, 3.05) is 5.32 Å². The lowest BCUT2D eigenvalue weighted by atomic mass is 10.2. The molecule has 1 fully saturated rings. The average Bonchev–Trinajstić information content (AvgIpc) is 3.55. The van der Waals surface area contributed by atoms with Gasteiger partial charge in [-0.15, -0.1) is 5.10 Å². The third-order valence-corrected chi connectivity index (χ3v) is 5.43. The molecule has 7 heteroatoms. The van der Waals surface area contributed by atoms with Gasteiger partial charge in [0.15, 0.2) is 5.82 Å². The van der Waals surface area contributed by atoms with E-state index >= 15 is 0 Å². The fourth-order valence-corrected chi connectivity index (χ4v) is 3.96. The molecule has 7 nitrogen and oxygen atoms in total. The van der Waals surface area contributed by atoms with E-state index in [1.54, 1.807) is 10.9 Å². The number of amides is 1. The van der Waals surface area contributed by atoms with Gasteiger partial charge in [0.2, 0.25) is 5.82 Å². The molecule has 0 aliphatic heterocycles. The van der Waals surface area contributed by atoms with Gasteiger partial charge in [0.05, 0.1) is 17.9 Å². The summed E-state index contributed by atoms with van der Waals surface area (Å²) in [6.45, 7) is 0. The standard InChI is InChI=1S/C23H22N6O/c30-23(25-20-15-16-24-28(20)18-13-7-8-14-18)21-26-22(17-9-3-1-4-10-17)29(27-21)19-11-5-2-6-12-19/h1-6,9-12,15-16,18H,7-8,13-14H2,(H,25,30). The third-order valence-electron chi connectivity index (χ3n) is 5.43. The van der Waals surface area contributed by atoms with Crippen molar-refractivity contribution in [1.82, 2.24) is 24.5 Å². The van der Waals surface area contributed by atoms with Crippen LogP contribution in [0.4, 0.5) is 5.82 Å². The van der Waals surface area contributed by atoms with Gasteiger partial charge in [0.1, 0.15) is 5.82 Å². The molecule has 0 bridgehead atoms. The number of nitrogens with one attached hydrogen (secondary N) is 1. The molecular formula is C23H22N6O. The summed E-state index contributed by atoms with van der Waals surface area (Å²) >= 11 is 0. The Kier molecular flexibility index (Phi) is 4.85. The van der Waals surface area contributed by atoms with Crippen LogP contribution in [0.1, 0.15) is 42.3 Å². The summed E-state index contributed by atoms with van der Waals surface area (Å²) in [5.74, 6) is 1.08. The average molecular weight is 398 g/mol. The first kappa shape index (κ1) is 18.3. The van der Waals surface area contributed by atoms with E-state index in [-0.39, 0.29) is 11.7 Å². The highest BCUT2D eigenvalue weighted by Gasteiger charge is 2.23. The normalized spacial score (nSPS) is 14.1. The molecule has 1 aliphatic carbocycles. The van der Waals surface area contributed by atoms with Crippen molar-refractivity contribution >= 4 is 11.7 Å². The summed E-state index contributed by atoms with van der Waals surface area (Å²) in [7, 11) is 0. The Labute approximate surface area is 174 Å². The summed E-state index contributed by atoms with van der Waals surface area (Å²) in [5.41, 5.74) is 1.74. The van der Waals surface area contributed by atoms with Gasteiger partial charge < -0.3 is 5.32 Å². The molecule has 0 spiro atoms. The summed E-state index contributed by atoms with van der Waals surface area (Å²) in [4.78, 5) is 17.6. The second-order valence-electron chi connectivity index (χ2n) is 7.43. The van der Waals surface area contributed by atoms with Crippen LogP contribution < -0.4 is 5.32 Å². The number of carbonyl (C=O) groups is 1. The Morgan fingerprint density at radius 2 is 1.63 bits per heavy atom. The molecule has 0 saturated heterocycles. The van der Waals surface area contributed by atoms with Crippen molar-refractivity contribution < 1.29 is 4.79 Å². The first-order chi connectivity index (χ1) is 14.8. The quantitative estimate of drug-likeness (QED) is 0.537. The van der Waals surface area contributed by atoms with E-state index in [2.05, 4.69) is 20.5 Å². The Morgan fingerprint density at radius 1 is 0.933 bits per heavy atom. The molecule has 4 aromatic rings. The number of anilines is 1. The summed E-state index contributed by atoms with van der Waals surface area (Å²) in [6, 6.07) is 21.6. The first-order valence-electron chi connectivity index (χ1n) is 10.2. The fourth-order valence-electron chi connectivity index (χ4n) is 3.96. The summed E-state index contributed by atoms with van der Waals surface area (Å²) in [5, 5.41) is 11.9. The van der Waals surface area contributed by atoms with Crippen LogP contribution in [0.5, 0.6) is 0 Å². The van der Waals surface area contributed by atoms with Crippen LogP contribution in [0.25, 0.3) is 17.1 Å². The molecule has 0 unspecified atom stereocenters. The maximum Gasteiger partial charge on any atom is 0.296 e. The van der Waals surface area contributed by atoms with Gasteiger partial charge in [-0.3, -0.25) is 4.79 Å². The molecule has 1 aliphatic rings. The predicted molar refractivity (Wildman–Crippen MR) is 114 cm³/mol. The molecule has 0 atom stereocenters. The van der Waals surface area contributed by atoms with Gasteiger partial charge in [0.25, 0.3) is 5.91 Å². The van der Waals surface area contributed by atoms with E-state index in [1.165, 1.54) is 12.8 Å². The molecule has 1 amide bonds. The van der Waals surface area contributed by atoms with Gasteiger partial charge in [-0.2, -0.15) is 5.10 Å². The Balaban J connectivity index is 1.48. The highest BCUT2D eigenvalue weighted by molar-refractivity contribution is 6.01. The first-order valence-corrected chi connectivity index (χ1v) is 10.2. The maximum atomic E-state index is 13.0. The van der Waals surface area contributed by atoms with Crippen LogP contribution in [0.3, 0.4) is 0 Å². The Morgan fingerprint density at radius 3 is 2.37 bits per heavy atom. The number of carbonyl (C=O) groups excluding carboxylic acids is 1. The number of hydrogen-bond acceptors (Lipinski definition) is 4. The van der Waals surface area contributed by atoms with Crippen LogP contribution >= 0.6 is 0 Å². The molecule has 2 aromatic heterocycles.